The molecule has 226 valence electrons. The van der Waals surface area contributed by atoms with Gasteiger partial charge < -0.3 is 15.0 Å². The van der Waals surface area contributed by atoms with Crippen molar-refractivity contribution in [3.8, 4) is 33.4 Å². The van der Waals surface area contributed by atoms with E-state index in [0.717, 1.165) is 56.8 Å². The molecule has 0 amide bonds. The summed E-state index contributed by atoms with van der Waals surface area (Å²) in [7, 11) is 0. The van der Waals surface area contributed by atoms with Gasteiger partial charge in [-0.15, -0.1) is 33.1 Å². The molecule has 0 aliphatic carbocycles. The first-order chi connectivity index (χ1) is 21.9. The largest absolute Gasteiger partial charge is 3.00 e. The van der Waals surface area contributed by atoms with Crippen LogP contribution in [-0.2, 0) is 28.6 Å². The Bertz CT molecular complexity index is 2350. The van der Waals surface area contributed by atoms with E-state index >= 15 is 0 Å². The molecule has 0 fully saturated rings. The molecular weight excluding hydrogens is 766 g/mol. The fourth-order valence-corrected chi connectivity index (χ4v) is 5.89. The third-order valence-corrected chi connectivity index (χ3v) is 7.99. The van der Waals surface area contributed by atoms with Gasteiger partial charge in [0.25, 0.3) is 0 Å². The Morgan fingerprint density at radius 1 is 0.413 bits per heavy atom. The summed E-state index contributed by atoms with van der Waals surface area (Å²) in [5, 5.41) is 0. The maximum atomic E-state index is 13.5. The van der Waals surface area contributed by atoms with Crippen LogP contribution in [0.3, 0.4) is 0 Å². The fourth-order valence-electron chi connectivity index (χ4n) is 5.89. The van der Waals surface area contributed by atoms with Crippen LogP contribution in [0, 0.1) is 0 Å². The first kappa shape index (κ1) is 29.6. The normalized spacial score (nSPS) is 12.0. The molecule has 0 spiro atoms. The average molecular weight is 789 g/mol. The van der Waals surface area contributed by atoms with Gasteiger partial charge in [0, 0.05) is 5.69 Å². The Labute approximate surface area is 277 Å². The maximum Gasteiger partial charge on any atom is 3.00 e. The first-order valence-corrected chi connectivity index (χ1v) is 14.4. The van der Waals surface area contributed by atoms with E-state index in [2.05, 4.69) is 0 Å². The van der Waals surface area contributed by atoms with Crippen LogP contribution in [0.5, 0.6) is 0 Å². The van der Waals surface area contributed by atoms with E-state index in [0.29, 0.717) is 33.2 Å². The molecule has 3 aromatic carbocycles. The van der Waals surface area contributed by atoms with E-state index in [4.69, 9.17) is 19.9 Å². The summed E-state index contributed by atoms with van der Waals surface area (Å²) in [4.78, 5) is 20.1. The standard InChI is InChI=1S/C38H22F3N4.Au/c39-38(40,41)26-13-11-25(12-14-26)37-33-21-19-31(44-33)35(23-7-3-1-4-8-23)29-17-15-27(42-29)28-16-18-30(43-28)36(24-9-5-2-6-10-24)32-20-22-34(37)45-32;/h1-22H;/q-3;+3. The third-order valence-electron chi connectivity index (χ3n) is 7.99. The Morgan fingerprint density at radius 2 is 0.804 bits per heavy atom. The molecule has 0 atom stereocenters. The zero-order valence-corrected chi connectivity index (χ0v) is 26.1. The summed E-state index contributed by atoms with van der Waals surface area (Å²) in [5.74, 6) is 0. The zero-order chi connectivity index (χ0) is 30.5. The van der Waals surface area contributed by atoms with Crippen LogP contribution in [0.25, 0.3) is 78.6 Å². The number of hydrogen-bond donors (Lipinski definition) is 0. The first-order valence-electron chi connectivity index (χ1n) is 14.4. The van der Waals surface area contributed by atoms with E-state index in [1.807, 2.05) is 109 Å². The Kier molecular flexibility index (Phi) is 7.53. The number of halogens is 3. The zero-order valence-electron chi connectivity index (χ0n) is 23.9. The summed E-state index contributed by atoms with van der Waals surface area (Å²) in [6.07, 6.45) is -0.516. The van der Waals surface area contributed by atoms with Gasteiger partial charge in [0.05, 0.1) is 11.3 Å². The van der Waals surface area contributed by atoms with Crippen LogP contribution in [-0.4, -0.2) is 4.98 Å². The van der Waals surface area contributed by atoms with Crippen LogP contribution in [0.2, 0.25) is 0 Å². The summed E-state index contributed by atoms with van der Waals surface area (Å²) < 4.78 is 40.5. The number of benzene rings is 3. The fraction of sp³-hybridized carbons (Fsp3) is 0.0263. The Balaban J connectivity index is 0.00000338. The minimum Gasteiger partial charge on any atom is -0.657 e. The third kappa shape index (κ3) is 5.28. The van der Waals surface area contributed by atoms with E-state index in [1.54, 1.807) is 0 Å². The molecule has 0 N–H and O–H groups in total. The molecular formula is C38H22AuF3N4. The SMILES string of the molecule is FC(F)(F)c1ccc(-c2c3ccc([n-]3)c(-c3ccccc3)c3nc(c4ccc([n-]4)c(-c4ccccc4)c4ccc2[n-]4)C=C3)cc1.[Au+3]. The second kappa shape index (κ2) is 11.7. The van der Waals surface area contributed by atoms with Crippen molar-refractivity contribution in [3.05, 3.63) is 138 Å². The van der Waals surface area contributed by atoms with Gasteiger partial charge in [-0.3, -0.25) is 0 Å². The van der Waals surface area contributed by atoms with Gasteiger partial charge in [-0.2, -0.15) is 13.2 Å². The predicted octanol–water partition coefficient (Wildman–Crippen LogP) is 9.60. The van der Waals surface area contributed by atoms with Gasteiger partial charge in [0.2, 0.25) is 0 Å². The van der Waals surface area contributed by atoms with Crippen molar-refractivity contribution in [1.29, 1.82) is 0 Å². The molecule has 8 rings (SSSR count). The average Bonchev–Trinajstić information content (AvgIpc) is 3.88. The van der Waals surface area contributed by atoms with Crippen molar-refractivity contribution in [2.75, 3.05) is 0 Å². The summed E-state index contributed by atoms with van der Waals surface area (Å²) in [6.45, 7) is 0. The van der Waals surface area contributed by atoms with Crippen molar-refractivity contribution in [3.63, 3.8) is 0 Å². The van der Waals surface area contributed by atoms with Gasteiger partial charge >= 0.3 is 28.6 Å². The molecule has 8 heteroatoms. The molecule has 5 heterocycles. The summed E-state index contributed by atoms with van der Waals surface area (Å²) in [6, 6.07) is 36.5. The minimum atomic E-state index is -4.45. The van der Waals surface area contributed by atoms with Crippen LogP contribution in [0.15, 0.2) is 121 Å². The van der Waals surface area contributed by atoms with Crippen LogP contribution < -0.4 is 15.0 Å². The van der Waals surface area contributed by atoms with Crippen molar-refractivity contribution < 1.29 is 35.6 Å². The van der Waals surface area contributed by atoms with Crippen molar-refractivity contribution in [2.45, 2.75) is 6.18 Å². The molecule has 7 aromatic rings. The van der Waals surface area contributed by atoms with Gasteiger partial charge in [0.15, 0.2) is 0 Å². The van der Waals surface area contributed by atoms with Gasteiger partial charge in [-0.1, -0.05) is 109 Å². The molecule has 4 nitrogen and oxygen atoms in total. The molecule has 46 heavy (non-hydrogen) atoms. The van der Waals surface area contributed by atoms with Gasteiger partial charge in [-0.25, -0.2) is 4.98 Å². The van der Waals surface area contributed by atoms with Crippen LogP contribution in [0.4, 0.5) is 13.2 Å². The number of hydrogen-bond acceptors (Lipinski definition) is 1. The molecule has 0 unspecified atom stereocenters. The quantitative estimate of drug-likeness (QED) is 0.168. The predicted molar refractivity (Wildman–Crippen MR) is 173 cm³/mol. The van der Waals surface area contributed by atoms with Gasteiger partial charge in [-0.05, 0) is 57.7 Å². The number of fused-ring (bicyclic) bond motifs is 9. The van der Waals surface area contributed by atoms with Gasteiger partial charge in [0.1, 0.15) is 0 Å². The number of aromatic nitrogens is 4. The topological polar surface area (TPSA) is 55.2 Å². The van der Waals surface area contributed by atoms with E-state index in [-0.39, 0.29) is 22.4 Å². The molecule has 4 aromatic heterocycles. The molecule has 0 radical (unpaired) electrons. The Hall–Kier alpha value is -5.08. The second-order valence-electron chi connectivity index (χ2n) is 10.8. The number of nitrogens with zero attached hydrogens (tertiary/aromatic N) is 4. The second-order valence-corrected chi connectivity index (χ2v) is 10.8. The molecule has 1 aliphatic heterocycles. The van der Waals surface area contributed by atoms with Crippen LogP contribution >= 0.6 is 0 Å². The molecule has 0 saturated carbocycles. The minimum absolute atomic E-state index is 0. The molecule has 8 bridgehead atoms. The Morgan fingerprint density at radius 3 is 1.30 bits per heavy atom. The van der Waals surface area contributed by atoms with Crippen molar-refractivity contribution in [2.24, 2.45) is 0 Å². The van der Waals surface area contributed by atoms with Crippen molar-refractivity contribution >= 4 is 45.3 Å². The monoisotopic (exact) mass is 788 g/mol. The smallest absolute Gasteiger partial charge is 0.657 e. The van der Waals surface area contributed by atoms with E-state index in [9.17, 15) is 13.2 Å². The number of rotatable bonds is 3. The van der Waals surface area contributed by atoms with Crippen molar-refractivity contribution in [1.82, 2.24) is 19.9 Å². The maximum absolute atomic E-state index is 13.5. The molecule has 1 aliphatic rings. The van der Waals surface area contributed by atoms with E-state index in [1.165, 1.54) is 12.1 Å². The number of alkyl halides is 3. The van der Waals surface area contributed by atoms with E-state index < -0.39 is 11.7 Å². The molecule has 0 saturated heterocycles. The van der Waals surface area contributed by atoms with Crippen LogP contribution in [0.1, 0.15) is 17.0 Å². The summed E-state index contributed by atoms with van der Waals surface area (Å²) >= 11 is 0. The summed E-state index contributed by atoms with van der Waals surface area (Å²) in [5.41, 5.74) is 9.61.